The minimum absolute atomic E-state index is 0.336. The van der Waals surface area contributed by atoms with E-state index in [1.54, 1.807) is 18.2 Å². The Morgan fingerprint density at radius 1 is 0.935 bits per heavy atom. The van der Waals surface area contributed by atoms with Crippen LogP contribution >= 0.6 is 0 Å². The lowest BCUT2D eigenvalue weighted by Gasteiger charge is -2.29. The molecular weight excluding hydrogens is 390 g/mol. The van der Waals surface area contributed by atoms with E-state index in [-0.39, 0.29) is 11.6 Å². The molecule has 0 heterocycles. The summed E-state index contributed by atoms with van der Waals surface area (Å²) in [5.41, 5.74) is 2.64. The van der Waals surface area contributed by atoms with Crippen LogP contribution in [0.2, 0.25) is 0 Å². The van der Waals surface area contributed by atoms with E-state index in [1.165, 1.54) is 18.9 Å². The minimum atomic E-state index is -0.356. The molecule has 0 bridgehead atoms. The van der Waals surface area contributed by atoms with Crippen molar-refractivity contribution in [3.63, 3.8) is 0 Å². The van der Waals surface area contributed by atoms with Crippen LogP contribution in [-0.4, -0.2) is 12.7 Å². The molecule has 1 aliphatic carbocycles. The highest BCUT2D eigenvalue weighted by Gasteiger charge is 2.24. The highest BCUT2D eigenvalue weighted by molar-refractivity contribution is 5.65. The zero-order chi connectivity index (χ0) is 22.1. The maximum Gasteiger partial charge on any atom is 0.131 e. The summed E-state index contributed by atoms with van der Waals surface area (Å²) < 4.78 is 35.6. The van der Waals surface area contributed by atoms with Crippen LogP contribution in [0.15, 0.2) is 48.6 Å². The molecule has 0 unspecified atom stereocenters. The van der Waals surface area contributed by atoms with Gasteiger partial charge < -0.3 is 4.74 Å². The number of unbranched alkanes of at least 4 members (excludes halogenated alkanes) is 2. The molecule has 0 N–H and O–H groups in total. The highest BCUT2D eigenvalue weighted by Crippen LogP contribution is 2.36. The molecule has 0 atom stereocenters. The fourth-order valence-corrected chi connectivity index (χ4v) is 4.52. The summed E-state index contributed by atoms with van der Waals surface area (Å²) in [5, 5.41) is 0. The zero-order valence-electron chi connectivity index (χ0n) is 19.0. The summed E-state index contributed by atoms with van der Waals surface area (Å²) in [4.78, 5) is 0. The molecule has 0 radical (unpaired) electrons. The Hall–Kier alpha value is -2.00. The lowest BCUT2D eigenvalue weighted by Crippen LogP contribution is -2.21. The summed E-state index contributed by atoms with van der Waals surface area (Å²) >= 11 is 0. The van der Waals surface area contributed by atoms with E-state index in [2.05, 4.69) is 13.0 Å². The lowest BCUT2D eigenvalue weighted by atomic mass is 9.82. The first-order valence-electron chi connectivity index (χ1n) is 11.9. The normalized spacial score (nSPS) is 19.2. The SMILES string of the molecule is C/C=C/CCc1ccc(-c2ccc(C3CCC(OCCCCC)CC3)cc2F)c(F)c1. The molecule has 31 heavy (non-hydrogen) atoms. The topological polar surface area (TPSA) is 9.23 Å². The van der Waals surface area contributed by atoms with Gasteiger partial charge >= 0.3 is 0 Å². The van der Waals surface area contributed by atoms with Gasteiger partial charge in [-0.3, -0.25) is 0 Å². The average Bonchev–Trinajstić information content (AvgIpc) is 2.78. The molecule has 1 nitrogen and oxygen atoms in total. The fraction of sp³-hybridized carbons (Fsp3) is 0.500. The largest absolute Gasteiger partial charge is 0.378 e. The van der Waals surface area contributed by atoms with Crippen molar-refractivity contribution < 1.29 is 13.5 Å². The lowest BCUT2D eigenvalue weighted by molar-refractivity contribution is 0.0227. The second-order valence-corrected chi connectivity index (χ2v) is 8.71. The maximum atomic E-state index is 14.9. The van der Waals surface area contributed by atoms with Crippen LogP contribution < -0.4 is 0 Å². The Labute approximate surface area is 186 Å². The van der Waals surface area contributed by atoms with Gasteiger partial charge in [0.25, 0.3) is 0 Å². The number of hydrogen-bond donors (Lipinski definition) is 0. The van der Waals surface area contributed by atoms with Crippen molar-refractivity contribution in [2.45, 2.75) is 83.7 Å². The standard InChI is InChI=1S/C28H36F2O/c1-3-5-7-9-21-10-16-25(27(29)19-21)26-17-13-23(20-28(26)30)22-11-14-24(15-12-22)31-18-8-6-4-2/h3,5,10,13,16-17,19-20,22,24H,4,6-9,11-12,14-15,18H2,1-2H3/b5-3+. The van der Waals surface area contributed by atoms with Gasteiger partial charge in [-0.05, 0) is 81.0 Å². The first-order chi connectivity index (χ1) is 15.1. The van der Waals surface area contributed by atoms with Gasteiger partial charge in [-0.2, -0.15) is 0 Å². The maximum absolute atomic E-state index is 14.9. The van der Waals surface area contributed by atoms with E-state index >= 15 is 0 Å². The Balaban J connectivity index is 1.60. The van der Waals surface area contributed by atoms with Crippen LogP contribution in [0, 0.1) is 11.6 Å². The zero-order valence-corrected chi connectivity index (χ0v) is 19.0. The van der Waals surface area contributed by atoms with Gasteiger partial charge in [0.1, 0.15) is 11.6 Å². The summed E-state index contributed by atoms with van der Waals surface area (Å²) in [6.45, 7) is 5.03. The van der Waals surface area contributed by atoms with Crippen LogP contribution in [0.3, 0.4) is 0 Å². The number of ether oxygens (including phenoxy) is 1. The van der Waals surface area contributed by atoms with E-state index < -0.39 is 0 Å². The minimum Gasteiger partial charge on any atom is -0.378 e. The van der Waals surface area contributed by atoms with Gasteiger partial charge in [-0.25, -0.2) is 8.78 Å². The Bertz CT molecular complexity index is 850. The molecule has 1 fully saturated rings. The third kappa shape index (κ3) is 6.74. The molecule has 1 saturated carbocycles. The molecule has 0 spiro atoms. The quantitative estimate of drug-likeness (QED) is 0.274. The third-order valence-corrected chi connectivity index (χ3v) is 6.40. The number of halogens is 2. The molecule has 168 valence electrons. The van der Waals surface area contributed by atoms with Crippen molar-refractivity contribution in [3.05, 3.63) is 71.3 Å². The molecule has 1 aliphatic rings. The van der Waals surface area contributed by atoms with Crippen molar-refractivity contribution >= 4 is 0 Å². The van der Waals surface area contributed by atoms with E-state index in [0.29, 0.717) is 23.1 Å². The number of allylic oxidation sites excluding steroid dienone is 2. The van der Waals surface area contributed by atoms with Crippen molar-refractivity contribution in [2.24, 2.45) is 0 Å². The van der Waals surface area contributed by atoms with Crippen LogP contribution in [0.4, 0.5) is 8.78 Å². The van der Waals surface area contributed by atoms with Gasteiger partial charge in [0, 0.05) is 17.7 Å². The van der Waals surface area contributed by atoms with Crippen molar-refractivity contribution in [2.75, 3.05) is 6.61 Å². The van der Waals surface area contributed by atoms with E-state index in [1.807, 2.05) is 25.1 Å². The smallest absolute Gasteiger partial charge is 0.131 e. The molecule has 3 rings (SSSR count). The van der Waals surface area contributed by atoms with Crippen molar-refractivity contribution in [3.8, 4) is 11.1 Å². The second kappa shape index (κ2) is 12.1. The highest BCUT2D eigenvalue weighted by atomic mass is 19.1. The Morgan fingerprint density at radius 3 is 2.29 bits per heavy atom. The predicted molar refractivity (Wildman–Crippen MR) is 125 cm³/mol. The number of benzene rings is 2. The summed E-state index contributed by atoms with van der Waals surface area (Å²) in [6, 6.07) is 10.5. The van der Waals surface area contributed by atoms with E-state index in [0.717, 1.165) is 62.7 Å². The molecule has 2 aromatic carbocycles. The molecular formula is C28H36F2O. The van der Waals surface area contributed by atoms with E-state index in [4.69, 9.17) is 4.74 Å². The summed E-state index contributed by atoms with van der Waals surface area (Å²) in [5.74, 6) is -0.334. The van der Waals surface area contributed by atoms with E-state index in [9.17, 15) is 8.78 Å². The fourth-order valence-electron chi connectivity index (χ4n) is 4.52. The summed E-state index contributed by atoms with van der Waals surface area (Å²) in [7, 11) is 0. The number of aryl methyl sites for hydroxylation is 1. The Morgan fingerprint density at radius 2 is 1.65 bits per heavy atom. The first-order valence-corrected chi connectivity index (χ1v) is 11.9. The van der Waals surface area contributed by atoms with Crippen LogP contribution in [-0.2, 0) is 11.2 Å². The van der Waals surface area contributed by atoms with Crippen LogP contribution in [0.5, 0.6) is 0 Å². The predicted octanol–water partition coefficient (Wildman–Crippen LogP) is 8.37. The summed E-state index contributed by atoms with van der Waals surface area (Å²) in [6.07, 6.45) is 13.7. The molecule has 0 saturated heterocycles. The molecule has 0 aromatic heterocycles. The molecule has 0 aliphatic heterocycles. The second-order valence-electron chi connectivity index (χ2n) is 8.71. The van der Waals surface area contributed by atoms with Crippen molar-refractivity contribution in [1.29, 1.82) is 0 Å². The van der Waals surface area contributed by atoms with Crippen LogP contribution in [0.25, 0.3) is 11.1 Å². The number of hydrogen-bond acceptors (Lipinski definition) is 1. The van der Waals surface area contributed by atoms with Crippen LogP contribution in [0.1, 0.15) is 82.3 Å². The molecule has 3 heteroatoms. The van der Waals surface area contributed by atoms with Gasteiger partial charge in [0.2, 0.25) is 0 Å². The number of rotatable bonds is 10. The average molecular weight is 427 g/mol. The van der Waals surface area contributed by atoms with Gasteiger partial charge in [-0.1, -0.05) is 56.2 Å². The van der Waals surface area contributed by atoms with Gasteiger partial charge in [0.15, 0.2) is 0 Å². The van der Waals surface area contributed by atoms with Crippen molar-refractivity contribution in [1.82, 2.24) is 0 Å². The van der Waals surface area contributed by atoms with Gasteiger partial charge in [-0.15, -0.1) is 0 Å². The van der Waals surface area contributed by atoms with Gasteiger partial charge in [0.05, 0.1) is 6.10 Å². The third-order valence-electron chi connectivity index (χ3n) is 6.40. The first kappa shape index (κ1) is 23.7. The Kier molecular flexibility index (Phi) is 9.27. The molecule has 2 aromatic rings. The molecule has 0 amide bonds. The monoisotopic (exact) mass is 426 g/mol.